The van der Waals surface area contributed by atoms with Gasteiger partial charge >= 0.3 is 5.97 Å². The zero-order chi connectivity index (χ0) is 20.7. The van der Waals surface area contributed by atoms with E-state index in [1.807, 2.05) is 0 Å². The molecule has 0 atom stereocenters. The second-order valence-corrected chi connectivity index (χ2v) is 6.22. The number of methoxy groups -OCH3 is 1. The van der Waals surface area contributed by atoms with Crippen molar-refractivity contribution in [2.45, 2.75) is 39.9 Å². The molecule has 2 rings (SSSR count). The number of carbonyl (C=O) groups is 1. The number of rotatable bonds is 10. The van der Waals surface area contributed by atoms with E-state index in [1.54, 1.807) is 26.1 Å². The first kappa shape index (κ1) is 22.1. The molecule has 0 unspecified atom stereocenters. The predicted molar refractivity (Wildman–Crippen MR) is 103 cm³/mol. The maximum absolute atomic E-state index is 12.5. The van der Waals surface area contributed by atoms with Gasteiger partial charge in [0.25, 0.3) is 0 Å². The van der Waals surface area contributed by atoms with Crippen LogP contribution in [0.2, 0.25) is 0 Å². The normalized spacial score (nSPS) is 11.1. The van der Waals surface area contributed by atoms with E-state index in [0.29, 0.717) is 45.6 Å². The molecule has 8 nitrogen and oxygen atoms in total. The Morgan fingerprint density at radius 3 is 2.36 bits per heavy atom. The molecule has 0 amide bonds. The van der Waals surface area contributed by atoms with Crippen molar-refractivity contribution in [1.29, 1.82) is 0 Å². The topological polar surface area (TPSA) is 124 Å². The molecule has 1 heterocycles. The molecule has 0 aliphatic heterocycles. The van der Waals surface area contributed by atoms with Gasteiger partial charge in [-0.2, -0.15) is 0 Å². The summed E-state index contributed by atoms with van der Waals surface area (Å²) in [6.07, 6.45) is 0. The van der Waals surface area contributed by atoms with E-state index in [2.05, 4.69) is 10.3 Å². The second-order valence-electron chi connectivity index (χ2n) is 6.22. The van der Waals surface area contributed by atoms with Gasteiger partial charge in [-0.25, -0.2) is 4.79 Å². The summed E-state index contributed by atoms with van der Waals surface area (Å²) < 4.78 is 10.5. The van der Waals surface area contributed by atoms with Crippen LogP contribution in [0.5, 0.6) is 0 Å². The monoisotopic (exact) mass is 392 g/mol. The Balaban J connectivity index is 2.81. The Morgan fingerprint density at radius 2 is 1.82 bits per heavy atom. The Bertz CT molecular complexity index is 816. The highest BCUT2D eigenvalue weighted by atomic mass is 16.5. The molecule has 1 aromatic carbocycles. The number of aliphatic hydroxyl groups excluding tert-OH is 3. The van der Waals surface area contributed by atoms with Gasteiger partial charge in [0, 0.05) is 30.5 Å². The Morgan fingerprint density at radius 1 is 1.11 bits per heavy atom. The van der Waals surface area contributed by atoms with Crippen LogP contribution >= 0.6 is 0 Å². The van der Waals surface area contributed by atoms with Crippen LogP contribution in [0.4, 0.5) is 0 Å². The molecule has 0 bridgehead atoms. The van der Waals surface area contributed by atoms with Crippen LogP contribution in [0.3, 0.4) is 0 Å². The van der Waals surface area contributed by atoms with Crippen LogP contribution in [0.1, 0.15) is 45.4 Å². The predicted octanol–water partition coefficient (Wildman–Crippen LogP) is 1.20. The number of hydrogen-bond donors (Lipinski definition) is 5. The lowest BCUT2D eigenvalue weighted by atomic mass is 9.90. The molecule has 0 fully saturated rings. The maximum atomic E-state index is 12.5. The molecule has 0 aliphatic carbocycles. The van der Waals surface area contributed by atoms with Gasteiger partial charge < -0.3 is 35.1 Å². The Labute approximate surface area is 164 Å². The molecule has 0 spiro atoms. The summed E-state index contributed by atoms with van der Waals surface area (Å²) in [5, 5.41) is 32.4. The third kappa shape index (κ3) is 4.26. The number of aromatic amines is 1. The van der Waals surface area contributed by atoms with Crippen LogP contribution in [-0.2, 0) is 42.4 Å². The van der Waals surface area contributed by atoms with Gasteiger partial charge in [-0.05, 0) is 36.2 Å². The lowest BCUT2D eigenvalue weighted by molar-refractivity contribution is 0.0515. The average Bonchev–Trinajstić information content (AvgIpc) is 3.05. The number of carbonyl (C=O) groups excluding carboxylic acids is 1. The van der Waals surface area contributed by atoms with Gasteiger partial charge in [-0.15, -0.1) is 0 Å². The summed E-state index contributed by atoms with van der Waals surface area (Å²) in [5.74, 6) is -0.488. The smallest absolute Gasteiger partial charge is 0.355 e. The molecule has 0 saturated carbocycles. The van der Waals surface area contributed by atoms with Crippen LogP contribution in [0, 0.1) is 0 Å². The van der Waals surface area contributed by atoms with Crippen LogP contribution in [0.25, 0.3) is 11.1 Å². The molecular weight excluding hydrogens is 364 g/mol. The van der Waals surface area contributed by atoms with Crippen LogP contribution < -0.4 is 5.32 Å². The van der Waals surface area contributed by atoms with E-state index >= 15 is 0 Å². The van der Waals surface area contributed by atoms with E-state index in [1.165, 1.54) is 7.11 Å². The molecule has 28 heavy (non-hydrogen) atoms. The minimum atomic E-state index is -0.488. The van der Waals surface area contributed by atoms with Crippen molar-refractivity contribution in [3.05, 3.63) is 45.8 Å². The van der Waals surface area contributed by atoms with E-state index in [4.69, 9.17) is 9.47 Å². The number of benzene rings is 1. The fourth-order valence-corrected chi connectivity index (χ4v) is 3.40. The minimum absolute atomic E-state index is 0.158. The number of aliphatic hydroxyl groups is 3. The second kappa shape index (κ2) is 10.4. The SMILES string of the molecule is CCOC(=O)c1[nH]c(CNC)c(-c2ccc(CO)c(CO)c2CO)c1COC. The zero-order valence-electron chi connectivity index (χ0n) is 16.5. The number of aromatic nitrogens is 1. The van der Waals surface area contributed by atoms with Gasteiger partial charge in [0.15, 0.2) is 0 Å². The zero-order valence-corrected chi connectivity index (χ0v) is 16.5. The van der Waals surface area contributed by atoms with E-state index in [9.17, 15) is 20.1 Å². The molecule has 1 aromatic heterocycles. The summed E-state index contributed by atoms with van der Waals surface area (Å²) >= 11 is 0. The minimum Gasteiger partial charge on any atom is -0.461 e. The summed E-state index contributed by atoms with van der Waals surface area (Å²) in [4.78, 5) is 15.6. The molecule has 0 saturated heterocycles. The molecule has 5 N–H and O–H groups in total. The number of nitrogens with one attached hydrogen (secondary N) is 2. The fraction of sp³-hybridized carbons (Fsp3) is 0.450. The lowest BCUT2D eigenvalue weighted by Crippen LogP contribution is -2.09. The summed E-state index contributed by atoms with van der Waals surface area (Å²) in [7, 11) is 3.32. The van der Waals surface area contributed by atoms with Crippen molar-refractivity contribution in [3.8, 4) is 11.1 Å². The number of ether oxygens (including phenoxy) is 2. The molecular formula is C20H28N2O6. The largest absolute Gasteiger partial charge is 0.461 e. The highest BCUT2D eigenvalue weighted by Crippen LogP contribution is 2.36. The van der Waals surface area contributed by atoms with Gasteiger partial charge in [0.05, 0.1) is 33.0 Å². The Kier molecular flexibility index (Phi) is 8.16. The highest BCUT2D eigenvalue weighted by molar-refractivity contribution is 5.93. The molecule has 0 aliphatic rings. The van der Waals surface area contributed by atoms with Crippen molar-refractivity contribution >= 4 is 5.97 Å². The van der Waals surface area contributed by atoms with Crippen molar-refractivity contribution in [2.75, 3.05) is 20.8 Å². The summed E-state index contributed by atoms with van der Waals surface area (Å²) in [6, 6.07) is 3.48. The van der Waals surface area contributed by atoms with Gasteiger partial charge in [0.2, 0.25) is 0 Å². The maximum Gasteiger partial charge on any atom is 0.355 e. The lowest BCUT2D eigenvalue weighted by Gasteiger charge is -2.17. The summed E-state index contributed by atoms with van der Waals surface area (Å²) in [6.45, 7) is 1.66. The van der Waals surface area contributed by atoms with E-state index in [0.717, 1.165) is 5.69 Å². The van der Waals surface area contributed by atoms with Gasteiger partial charge in [-0.1, -0.05) is 12.1 Å². The number of hydrogen-bond acceptors (Lipinski definition) is 7. The summed E-state index contributed by atoms with van der Waals surface area (Å²) in [5.41, 5.74) is 4.52. The van der Waals surface area contributed by atoms with Crippen molar-refractivity contribution in [1.82, 2.24) is 10.3 Å². The first-order valence-corrected chi connectivity index (χ1v) is 9.08. The standard InChI is InChI=1S/C20H28N2O6/c1-4-28-20(26)19-16(11-27-3)18(17(22-19)7-21-2)13-6-5-12(8-23)14(9-24)15(13)10-25/h5-6,21-25H,4,7-11H2,1-3H3. The first-order chi connectivity index (χ1) is 13.6. The quantitative estimate of drug-likeness (QED) is 0.385. The molecule has 2 aromatic rings. The molecule has 154 valence electrons. The highest BCUT2D eigenvalue weighted by Gasteiger charge is 2.26. The number of esters is 1. The first-order valence-electron chi connectivity index (χ1n) is 9.08. The van der Waals surface area contributed by atoms with Crippen molar-refractivity contribution < 1.29 is 29.6 Å². The van der Waals surface area contributed by atoms with Crippen LogP contribution in [-0.4, -0.2) is 47.0 Å². The van der Waals surface area contributed by atoms with Gasteiger partial charge in [-0.3, -0.25) is 0 Å². The number of H-pyrrole nitrogens is 1. The van der Waals surface area contributed by atoms with Crippen molar-refractivity contribution in [3.63, 3.8) is 0 Å². The van der Waals surface area contributed by atoms with E-state index < -0.39 is 5.97 Å². The van der Waals surface area contributed by atoms with Gasteiger partial charge in [0.1, 0.15) is 5.69 Å². The average molecular weight is 392 g/mol. The van der Waals surface area contributed by atoms with Crippen molar-refractivity contribution in [2.24, 2.45) is 0 Å². The molecule has 8 heteroatoms. The third-order valence-electron chi connectivity index (χ3n) is 4.59. The molecule has 0 radical (unpaired) electrons. The van der Waals surface area contributed by atoms with Crippen LogP contribution in [0.15, 0.2) is 12.1 Å². The van der Waals surface area contributed by atoms with E-state index in [-0.39, 0.29) is 33.0 Å². The Hall–Kier alpha value is -2.23. The fourth-order valence-electron chi connectivity index (χ4n) is 3.40. The third-order valence-corrected chi connectivity index (χ3v) is 4.59.